The van der Waals surface area contributed by atoms with Crippen molar-refractivity contribution < 1.29 is 29.2 Å². The summed E-state index contributed by atoms with van der Waals surface area (Å²) in [6.07, 6.45) is 0. The standard InChI is InChI=1S/C8H11NO2.Zn/c1-10-9(11-2)8-6-4-3-5-7-8;/h3-7H,1-2H3;. The number of hydrogen-bond donors (Lipinski definition) is 0. The predicted octanol–water partition coefficient (Wildman–Crippen LogP) is 1.61. The minimum atomic E-state index is 0. The minimum absolute atomic E-state index is 0. The molecule has 4 heteroatoms. The van der Waals surface area contributed by atoms with Gasteiger partial charge in [0.2, 0.25) is 0 Å². The first-order chi connectivity index (χ1) is 5.38. The van der Waals surface area contributed by atoms with Gasteiger partial charge in [-0.25, -0.2) is 0 Å². The molecule has 1 rings (SSSR count). The Kier molecular flexibility index (Phi) is 5.90. The quantitative estimate of drug-likeness (QED) is 0.568. The molecule has 0 aromatic heterocycles. The fourth-order valence-corrected chi connectivity index (χ4v) is 0.835. The molecular formula is C8H11NO2Zn. The van der Waals surface area contributed by atoms with Crippen LogP contribution in [0, 0.1) is 0 Å². The molecule has 1 aromatic carbocycles. The van der Waals surface area contributed by atoms with Gasteiger partial charge < -0.3 is 0 Å². The molecule has 12 heavy (non-hydrogen) atoms. The zero-order chi connectivity index (χ0) is 8.10. The van der Waals surface area contributed by atoms with E-state index < -0.39 is 0 Å². The first-order valence-electron chi connectivity index (χ1n) is 3.32. The monoisotopic (exact) mass is 217 g/mol. The van der Waals surface area contributed by atoms with E-state index in [1.807, 2.05) is 30.3 Å². The minimum Gasteiger partial charge on any atom is -0.252 e. The van der Waals surface area contributed by atoms with Gasteiger partial charge in [0.05, 0.1) is 19.9 Å². The van der Waals surface area contributed by atoms with Gasteiger partial charge in [-0.3, -0.25) is 9.68 Å². The summed E-state index contributed by atoms with van der Waals surface area (Å²) in [5.41, 5.74) is 0.873. The summed E-state index contributed by atoms with van der Waals surface area (Å²) in [6, 6.07) is 9.56. The number of nitrogens with zero attached hydrogens (tertiary/aromatic N) is 1. The molecule has 0 heterocycles. The van der Waals surface area contributed by atoms with Gasteiger partial charge in [-0.15, -0.1) is 5.23 Å². The number of para-hydroxylation sites is 1. The van der Waals surface area contributed by atoms with Crippen LogP contribution >= 0.6 is 0 Å². The molecular weight excluding hydrogens is 207 g/mol. The van der Waals surface area contributed by atoms with Gasteiger partial charge in [-0.1, -0.05) is 18.2 Å². The Labute approximate surface area is 84.9 Å². The molecule has 0 unspecified atom stereocenters. The Bertz CT molecular complexity index is 201. The maximum Gasteiger partial charge on any atom is 0.0947 e. The van der Waals surface area contributed by atoms with Crippen LogP contribution < -0.4 is 5.23 Å². The van der Waals surface area contributed by atoms with Crippen LogP contribution in [0.3, 0.4) is 0 Å². The molecule has 0 N–H and O–H groups in total. The number of anilines is 1. The van der Waals surface area contributed by atoms with E-state index in [2.05, 4.69) is 0 Å². The van der Waals surface area contributed by atoms with Crippen molar-refractivity contribution in [3.8, 4) is 0 Å². The third-order valence-corrected chi connectivity index (χ3v) is 1.30. The molecule has 0 aliphatic carbocycles. The summed E-state index contributed by atoms with van der Waals surface area (Å²) in [6.45, 7) is 0. The molecule has 0 aliphatic heterocycles. The van der Waals surface area contributed by atoms with E-state index in [4.69, 9.17) is 9.68 Å². The summed E-state index contributed by atoms with van der Waals surface area (Å²) in [4.78, 5) is 9.79. The molecule has 1 aromatic rings. The maximum atomic E-state index is 4.90. The summed E-state index contributed by atoms with van der Waals surface area (Å²) < 4.78 is 0. The van der Waals surface area contributed by atoms with Crippen LogP contribution in [0.25, 0.3) is 0 Å². The molecule has 0 spiro atoms. The van der Waals surface area contributed by atoms with Crippen LogP contribution in [0.1, 0.15) is 0 Å². The summed E-state index contributed by atoms with van der Waals surface area (Å²) >= 11 is 0. The first-order valence-corrected chi connectivity index (χ1v) is 3.32. The van der Waals surface area contributed by atoms with Crippen LogP contribution in [0.5, 0.6) is 0 Å². The molecule has 0 bridgehead atoms. The molecule has 0 aliphatic rings. The first kappa shape index (κ1) is 11.6. The van der Waals surface area contributed by atoms with E-state index in [-0.39, 0.29) is 19.5 Å². The smallest absolute Gasteiger partial charge is 0.0947 e. The van der Waals surface area contributed by atoms with Crippen molar-refractivity contribution in [3.05, 3.63) is 30.3 Å². The second-order valence-electron chi connectivity index (χ2n) is 1.96. The van der Waals surface area contributed by atoms with Crippen LogP contribution in [0.2, 0.25) is 0 Å². The normalized spacial score (nSPS) is 8.83. The third kappa shape index (κ3) is 2.90. The van der Waals surface area contributed by atoms with Gasteiger partial charge in [-0.05, 0) is 12.1 Å². The largest absolute Gasteiger partial charge is 0.252 e. The Morgan fingerprint density at radius 3 is 1.92 bits per heavy atom. The molecule has 3 nitrogen and oxygen atoms in total. The van der Waals surface area contributed by atoms with Crippen LogP contribution in [-0.2, 0) is 29.2 Å². The van der Waals surface area contributed by atoms with Crippen molar-refractivity contribution in [2.45, 2.75) is 0 Å². The summed E-state index contributed by atoms with van der Waals surface area (Å²) in [7, 11) is 3.10. The average molecular weight is 219 g/mol. The number of benzene rings is 1. The number of hydrogen-bond acceptors (Lipinski definition) is 3. The van der Waals surface area contributed by atoms with Crippen molar-refractivity contribution in [1.29, 1.82) is 0 Å². The van der Waals surface area contributed by atoms with E-state index in [0.717, 1.165) is 5.69 Å². The third-order valence-electron chi connectivity index (χ3n) is 1.30. The van der Waals surface area contributed by atoms with Gasteiger partial charge in [-0.2, -0.15) is 0 Å². The molecule has 0 fully saturated rings. The van der Waals surface area contributed by atoms with Gasteiger partial charge in [0.15, 0.2) is 0 Å². The molecule has 0 amide bonds. The van der Waals surface area contributed by atoms with Crippen molar-refractivity contribution in [2.24, 2.45) is 0 Å². The van der Waals surface area contributed by atoms with Gasteiger partial charge in [0.25, 0.3) is 0 Å². The van der Waals surface area contributed by atoms with Crippen molar-refractivity contribution in [1.82, 2.24) is 0 Å². The van der Waals surface area contributed by atoms with E-state index in [9.17, 15) is 0 Å². The van der Waals surface area contributed by atoms with Gasteiger partial charge in [0, 0.05) is 19.5 Å². The van der Waals surface area contributed by atoms with E-state index in [0.29, 0.717) is 0 Å². The fraction of sp³-hybridized carbons (Fsp3) is 0.250. The van der Waals surface area contributed by atoms with E-state index >= 15 is 0 Å². The Hall–Kier alpha value is -0.437. The van der Waals surface area contributed by atoms with Crippen LogP contribution in [0.4, 0.5) is 5.69 Å². The molecule has 0 saturated carbocycles. The van der Waals surface area contributed by atoms with Crippen LogP contribution in [-0.4, -0.2) is 14.2 Å². The second-order valence-corrected chi connectivity index (χ2v) is 1.96. The molecule has 0 radical (unpaired) electrons. The summed E-state index contributed by atoms with van der Waals surface area (Å²) in [5, 5.41) is 1.33. The van der Waals surface area contributed by atoms with Crippen LogP contribution in [0.15, 0.2) is 30.3 Å². The van der Waals surface area contributed by atoms with Crippen molar-refractivity contribution in [2.75, 3.05) is 19.4 Å². The summed E-state index contributed by atoms with van der Waals surface area (Å²) in [5.74, 6) is 0. The Balaban J connectivity index is 0.00000121. The van der Waals surface area contributed by atoms with E-state index in [1.165, 1.54) is 5.23 Å². The van der Waals surface area contributed by atoms with Crippen molar-refractivity contribution in [3.63, 3.8) is 0 Å². The topological polar surface area (TPSA) is 21.7 Å². The SMILES string of the molecule is CON(OC)c1ccccc1.[Zn]. The molecule has 0 atom stereocenters. The zero-order valence-corrected chi connectivity index (χ0v) is 10.3. The Morgan fingerprint density at radius 1 is 1.00 bits per heavy atom. The molecule has 0 saturated heterocycles. The fourth-order valence-electron chi connectivity index (χ4n) is 0.835. The predicted molar refractivity (Wildman–Crippen MR) is 42.9 cm³/mol. The van der Waals surface area contributed by atoms with Gasteiger partial charge >= 0.3 is 0 Å². The number of rotatable bonds is 3. The van der Waals surface area contributed by atoms with E-state index in [1.54, 1.807) is 14.2 Å². The average Bonchev–Trinajstić information content (AvgIpc) is 2.09. The van der Waals surface area contributed by atoms with Gasteiger partial charge in [0.1, 0.15) is 0 Å². The molecule has 62 valence electrons. The maximum absolute atomic E-state index is 4.90. The van der Waals surface area contributed by atoms with Crippen molar-refractivity contribution >= 4 is 5.69 Å². The second kappa shape index (κ2) is 6.12. The zero-order valence-electron chi connectivity index (χ0n) is 7.36. The Morgan fingerprint density at radius 2 is 1.50 bits per heavy atom.